The molecule has 18 heavy (non-hydrogen) atoms. The van der Waals surface area contributed by atoms with Crippen LogP contribution in [0.5, 0.6) is 0 Å². The molecule has 0 spiro atoms. The highest BCUT2D eigenvalue weighted by Crippen LogP contribution is 2.27. The van der Waals surface area contributed by atoms with E-state index in [0.29, 0.717) is 10.6 Å². The molecule has 0 saturated heterocycles. The monoisotopic (exact) mass is 263 g/mol. The van der Waals surface area contributed by atoms with Crippen molar-refractivity contribution < 1.29 is 4.39 Å². The van der Waals surface area contributed by atoms with Gasteiger partial charge in [-0.3, -0.25) is 0 Å². The number of benzene rings is 2. The molecule has 0 aliphatic carbocycles. The van der Waals surface area contributed by atoms with E-state index in [0.717, 1.165) is 16.7 Å². The highest BCUT2D eigenvalue weighted by atomic mass is 35.5. The Balaban J connectivity index is 2.49. The molecule has 2 aromatic carbocycles. The summed E-state index contributed by atoms with van der Waals surface area (Å²) >= 11 is 5.93. The molecule has 0 amide bonds. The summed E-state index contributed by atoms with van der Waals surface area (Å²) in [6, 6.07) is 10.2. The van der Waals surface area contributed by atoms with Crippen molar-refractivity contribution >= 4 is 11.6 Å². The molecular formula is C15H15ClFN. The minimum atomic E-state index is -0.496. The van der Waals surface area contributed by atoms with E-state index in [1.807, 2.05) is 32.0 Å². The zero-order chi connectivity index (χ0) is 13.3. The lowest BCUT2D eigenvalue weighted by molar-refractivity contribution is 0.596. The zero-order valence-corrected chi connectivity index (χ0v) is 11.1. The molecule has 94 valence electrons. The predicted molar refractivity (Wildman–Crippen MR) is 73.4 cm³/mol. The summed E-state index contributed by atoms with van der Waals surface area (Å²) in [5.41, 5.74) is 9.24. The average molecular weight is 264 g/mol. The lowest BCUT2D eigenvalue weighted by Gasteiger charge is -2.17. The van der Waals surface area contributed by atoms with Gasteiger partial charge in [0.2, 0.25) is 0 Å². The Hall–Kier alpha value is -1.38. The third kappa shape index (κ3) is 2.55. The Bertz CT molecular complexity index is 557. The smallest absolute Gasteiger partial charge is 0.128 e. The first kappa shape index (κ1) is 13.1. The van der Waals surface area contributed by atoms with Gasteiger partial charge in [-0.05, 0) is 48.7 Å². The second-order valence-electron chi connectivity index (χ2n) is 4.51. The van der Waals surface area contributed by atoms with Crippen LogP contribution in [0.2, 0.25) is 5.02 Å². The minimum absolute atomic E-state index is 0.264. The second kappa shape index (κ2) is 5.09. The zero-order valence-electron chi connectivity index (χ0n) is 10.4. The van der Waals surface area contributed by atoms with Crippen LogP contribution in [-0.2, 0) is 0 Å². The lowest BCUT2D eigenvalue weighted by Crippen LogP contribution is -2.15. The first-order chi connectivity index (χ1) is 8.49. The largest absolute Gasteiger partial charge is 0.320 e. The highest BCUT2D eigenvalue weighted by Gasteiger charge is 2.16. The van der Waals surface area contributed by atoms with Gasteiger partial charge in [-0.2, -0.15) is 0 Å². The summed E-state index contributed by atoms with van der Waals surface area (Å²) in [5.74, 6) is -0.264. The summed E-state index contributed by atoms with van der Waals surface area (Å²) in [6.07, 6.45) is 0. The van der Waals surface area contributed by atoms with Crippen molar-refractivity contribution in [3.8, 4) is 0 Å². The Kier molecular flexibility index (Phi) is 3.69. The van der Waals surface area contributed by atoms with Crippen LogP contribution in [-0.4, -0.2) is 0 Å². The van der Waals surface area contributed by atoms with Crippen LogP contribution in [0.4, 0.5) is 4.39 Å². The fraction of sp³-hybridized carbons (Fsp3) is 0.200. The van der Waals surface area contributed by atoms with Gasteiger partial charge in [0, 0.05) is 10.6 Å². The van der Waals surface area contributed by atoms with E-state index in [1.165, 1.54) is 6.07 Å². The molecule has 3 heteroatoms. The molecule has 0 bridgehead atoms. The fourth-order valence-corrected chi connectivity index (χ4v) is 2.39. The molecule has 0 aliphatic rings. The number of rotatable bonds is 2. The third-order valence-corrected chi connectivity index (χ3v) is 3.23. The van der Waals surface area contributed by atoms with Gasteiger partial charge in [-0.25, -0.2) is 4.39 Å². The van der Waals surface area contributed by atoms with Crippen molar-refractivity contribution in [2.24, 2.45) is 5.73 Å². The van der Waals surface area contributed by atoms with Gasteiger partial charge in [-0.15, -0.1) is 0 Å². The van der Waals surface area contributed by atoms with Crippen molar-refractivity contribution in [1.29, 1.82) is 0 Å². The van der Waals surface area contributed by atoms with Gasteiger partial charge < -0.3 is 5.73 Å². The van der Waals surface area contributed by atoms with Crippen molar-refractivity contribution in [3.63, 3.8) is 0 Å². The van der Waals surface area contributed by atoms with Crippen molar-refractivity contribution in [2.45, 2.75) is 19.9 Å². The quantitative estimate of drug-likeness (QED) is 0.866. The maximum absolute atomic E-state index is 14.0. The van der Waals surface area contributed by atoms with E-state index in [1.54, 1.807) is 12.1 Å². The first-order valence-electron chi connectivity index (χ1n) is 5.76. The molecule has 1 atom stereocenters. The topological polar surface area (TPSA) is 26.0 Å². The first-order valence-corrected chi connectivity index (χ1v) is 6.14. The molecule has 0 fully saturated rings. The van der Waals surface area contributed by atoms with E-state index in [4.69, 9.17) is 17.3 Å². The van der Waals surface area contributed by atoms with Crippen LogP contribution in [0, 0.1) is 19.7 Å². The second-order valence-corrected chi connectivity index (χ2v) is 4.95. The van der Waals surface area contributed by atoms with E-state index >= 15 is 0 Å². The molecule has 0 saturated carbocycles. The Labute approximate surface area is 111 Å². The number of nitrogens with two attached hydrogens (primary N) is 1. The van der Waals surface area contributed by atoms with E-state index in [2.05, 4.69) is 0 Å². The molecule has 0 aromatic heterocycles. The van der Waals surface area contributed by atoms with Gasteiger partial charge in [0.05, 0.1) is 6.04 Å². The van der Waals surface area contributed by atoms with Crippen molar-refractivity contribution in [1.82, 2.24) is 0 Å². The molecule has 0 heterocycles. The molecule has 2 rings (SSSR count). The number of hydrogen-bond donors (Lipinski definition) is 1. The minimum Gasteiger partial charge on any atom is -0.320 e. The summed E-state index contributed by atoms with van der Waals surface area (Å²) in [5, 5.41) is 0.605. The van der Waals surface area contributed by atoms with Gasteiger partial charge >= 0.3 is 0 Å². The van der Waals surface area contributed by atoms with Crippen LogP contribution in [0.15, 0.2) is 36.4 Å². The van der Waals surface area contributed by atoms with Crippen LogP contribution >= 0.6 is 11.6 Å². The van der Waals surface area contributed by atoms with Crippen molar-refractivity contribution in [2.75, 3.05) is 0 Å². The normalized spacial score (nSPS) is 12.5. The number of aryl methyl sites for hydroxylation is 2. The number of halogens is 2. The van der Waals surface area contributed by atoms with Crippen LogP contribution < -0.4 is 5.73 Å². The molecule has 1 nitrogen and oxygen atoms in total. The summed E-state index contributed by atoms with van der Waals surface area (Å²) in [6.45, 7) is 3.74. The molecule has 0 radical (unpaired) electrons. The van der Waals surface area contributed by atoms with Gasteiger partial charge in [0.1, 0.15) is 5.82 Å². The maximum atomic E-state index is 14.0. The van der Waals surface area contributed by atoms with Gasteiger partial charge in [-0.1, -0.05) is 29.8 Å². The Morgan fingerprint density at radius 1 is 1.17 bits per heavy atom. The summed E-state index contributed by atoms with van der Waals surface area (Å²) in [7, 11) is 0. The average Bonchev–Trinajstić information content (AvgIpc) is 2.27. The molecule has 2 N–H and O–H groups in total. The fourth-order valence-electron chi connectivity index (χ4n) is 2.19. The van der Waals surface area contributed by atoms with Crippen LogP contribution in [0.1, 0.15) is 28.3 Å². The summed E-state index contributed by atoms with van der Waals surface area (Å²) in [4.78, 5) is 0. The van der Waals surface area contributed by atoms with Crippen molar-refractivity contribution in [3.05, 3.63) is 69.5 Å². The standard InChI is InChI=1S/C15H15ClFN/c1-9-6-10(2)14(13(17)7-9)15(18)11-4-3-5-12(16)8-11/h3-8,15H,18H2,1-2H3. The van der Waals surface area contributed by atoms with Crippen LogP contribution in [0.3, 0.4) is 0 Å². The highest BCUT2D eigenvalue weighted by molar-refractivity contribution is 6.30. The predicted octanol–water partition coefficient (Wildman–Crippen LogP) is 4.14. The van der Waals surface area contributed by atoms with Gasteiger partial charge in [0.15, 0.2) is 0 Å². The van der Waals surface area contributed by atoms with Crippen LogP contribution in [0.25, 0.3) is 0 Å². The SMILES string of the molecule is Cc1cc(C)c(C(N)c2cccc(Cl)c2)c(F)c1. The Morgan fingerprint density at radius 2 is 1.89 bits per heavy atom. The van der Waals surface area contributed by atoms with E-state index < -0.39 is 6.04 Å². The Morgan fingerprint density at radius 3 is 2.50 bits per heavy atom. The molecule has 1 unspecified atom stereocenters. The third-order valence-electron chi connectivity index (χ3n) is 3.00. The molecule has 0 aliphatic heterocycles. The maximum Gasteiger partial charge on any atom is 0.128 e. The van der Waals surface area contributed by atoms with Gasteiger partial charge in [0.25, 0.3) is 0 Å². The lowest BCUT2D eigenvalue weighted by atomic mass is 9.94. The van der Waals surface area contributed by atoms with E-state index in [-0.39, 0.29) is 5.82 Å². The molecular weight excluding hydrogens is 249 g/mol. The molecule has 2 aromatic rings. The van der Waals surface area contributed by atoms with E-state index in [9.17, 15) is 4.39 Å². The number of hydrogen-bond acceptors (Lipinski definition) is 1. The summed E-state index contributed by atoms with van der Waals surface area (Å²) < 4.78 is 14.0.